The first-order chi connectivity index (χ1) is 30.2. The van der Waals surface area contributed by atoms with E-state index in [0.717, 1.165) is 83.3 Å². The molecule has 2 atom stereocenters. The van der Waals surface area contributed by atoms with E-state index in [9.17, 15) is 0 Å². The second kappa shape index (κ2) is 14.3. The van der Waals surface area contributed by atoms with Crippen LogP contribution in [-0.2, 0) is 0 Å². The highest BCUT2D eigenvalue weighted by molar-refractivity contribution is 6.21. The van der Waals surface area contributed by atoms with Crippen molar-refractivity contribution in [1.29, 1.82) is 0 Å². The molecule has 0 radical (unpaired) electrons. The number of para-hydroxylation sites is 1. The standard InChI is InChI=1S/C55H36N4O2/c1-4-15-37(16-5-1)53-56-54(38-17-6-2-7-18-38)58-55(57-53)47-33-32-42(50-46-30-26-35-14-10-11-21-43(35)51(46)61-52(47)50)36-24-27-40(28-25-36)59(39-19-8-3-9-20-39)41-29-31-45-44-22-12-13-23-48(44)60-49(45)34-41/h1-34,44,48H. The number of ether oxygens (including phenoxy) is 1. The summed E-state index contributed by atoms with van der Waals surface area (Å²) in [6.45, 7) is 0. The number of rotatable bonds is 7. The highest BCUT2D eigenvalue weighted by Gasteiger charge is 2.32. The normalized spacial score (nSPS) is 15.2. The number of nitrogens with zero attached hydrogens (tertiary/aromatic N) is 4. The van der Waals surface area contributed by atoms with Gasteiger partial charge in [0.25, 0.3) is 0 Å². The minimum absolute atomic E-state index is 0.0295. The summed E-state index contributed by atoms with van der Waals surface area (Å²) in [5.41, 5.74) is 10.7. The molecule has 6 nitrogen and oxygen atoms in total. The summed E-state index contributed by atoms with van der Waals surface area (Å²) in [5.74, 6) is 2.91. The van der Waals surface area contributed by atoms with E-state index >= 15 is 0 Å². The summed E-state index contributed by atoms with van der Waals surface area (Å²) in [5, 5.41) is 4.21. The highest BCUT2D eigenvalue weighted by Crippen LogP contribution is 2.47. The van der Waals surface area contributed by atoms with Crippen LogP contribution in [0.2, 0.25) is 0 Å². The van der Waals surface area contributed by atoms with Gasteiger partial charge in [-0.25, -0.2) is 15.0 Å². The van der Waals surface area contributed by atoms with Gasteiger partial charge in [-0.1, -0.05) is 152 Å². The highest BCUT2D eigenvalue weighted by atomic mass is 16.5. The van der Waals surface area contributed by atoms with Crippen LogP contribution in [0.4, 0.5) is 17.1 Å². The van der Waals surface area contributed by atoms with Crippen LogP contribution in [0.15, 0.2) is 211 Å². The lowest BCUT2D eigenvalue weighted by Crippen LogP contribution is -2.15. The molecule has 10 aromatic rings. The van der Waals surface area contributed by atoms with Gasteiger partial charge in [0.15, 0.2) is 17.5 Å². The molecule has 2 aromatic heterocycles. The lowest BCUT2D eigenvalue weighted by Gasteiger charge is -2.26. The van der Waals surface area contributed by atoms with Gasteiger partial charge in [-0.2, -0.15) is 0 Å². The van der Waals surface area contributed by atoms with Crippen molar-refractivity contribution in [2.75, 3.05) is 4.90 Å². The largest absolute Gasteiger partial charge is 0.485 e. The molecule has 0 bridgehead atoms. The van der Waals surface area contributed by atoms with Crippen LogP contribution >= 0.6 is 0 Å². The first-order valence-electron chi connectivity index (χ1n) is 20.6. The van der Waals surface area contributed by atoms with E-state index in [4.69, 9.17) is 24.1 Å². The average Bonchev–Trinajstić information content (AvgIpc) is 3.92. The minimum Gasteiger partial charge on any atom is -0.485 e. The van der Waals surface area contributed by atoms with Crippen LogP contribution < -0.4 is 9.64 Å². The lowest BCUT2D eigenvalue weighted by molar-refractivity contribution is 0.269. The maximum Gasteiger partial charge on any atom is 0.167 e. The monoisotopic (exact) mass is 784 g/mol. The molecule has 0 saturated heterocycles. The number of allylic oxidation sites excluding steroid dienone is 2. The Balaban J connectivity index is 1.02. The molecule has 0 N–H and O–H groups in total. The van der Waals surface area contributed by atoms with E-state index < -0.39 is 0 Å². The van der Waals surface area contributed by atoms with Crippen LogP contribution in [0, 0.1) is 0 Å². The zero-order valence-corrected chi connectivity index (χ0v) is 32.9. The Morgan fingerprint density at radius 2 is 1.07 bits per heavy atom. The van der Waals surface area contributed by atoms with Crippen molar-refractivity contribution in [3.63, 3.8) is 0 Å². The number of hydrogen-bond donors (Lipinski definition) is 0. The molecule has 288 valence electrons. The summed E-state index contributed by atoms with van der Waals surface area (Å²) in [6, 6.07) is 63.0. The molecule has 12 rings (SSSR count). The van der Waals surface area contributed by atoms with Crippen LogP contribution in [0.5, 0.6) is 5.75 Å². The Labute approximate surface area is 352 Å². The van der Waals surface area contributed by atoms with E-state index in [1.54, 1.807) is 0 Å². The van der Waals surface area contributed by atoms with E-state index in [2.05, 4.69) is 151 Å². The van der Waals surface area contributed by atoms with Crippen molar-refractivity contribution in [3.8, 4) is 51.0 Å². The van der Waals surface area contributed by atoms with E-state index in [-0.39, 0.29) is 12.0 Å². The van der Waals surface area contributed by atoms with Crippen molar-refractivity contribution in [1.82, 2.24) is 15.0 Å². The van der Waals surface area contributed by atoms with Gasteiger partial charge in [0.05, 0.1) is 5.56 Å². The van der Waals surface area contributed by atoms with E-state index in [0.29, 0.717) is 17.5 Å². The molecular weight excluding hydrogens is 749 g/mol. The van der Waals surface area contributed by atoms with Gasteiger partial charge in [-0.15, -0.1) is 0 Å². The molecule has 1 aliphatic heterocycles. The van der Waals surface area contributed by atoms with Gasteiger partial charge < -0.3 is 14.1 Å². The maximum absolute atomic E-state index is 7.03. The Hall–Kier alpha value is -8.09. The molecular formula is C55H36N4O2. The molecule has 0 fully saturated rings. The van der Waals surface area contributed by atoms with Gasteiger partial charge in [0.2, 0.25) is 0 Å². The number of aromatic nitrogens is 3. The smallest absolute Gasteiger partial charge is 0.167 e. The predicted molar refractivity (Wildman–Crippen MR) is 246 cm³/mol. The van der Waals surface area contributed by atoms with E-state index in [1.807, 2.05) is 60.7 Å². The summed E-state index contributed by atoms with van der Waals surface area (Å²) in [6.07, 6.45) is 8.58. The minimum atomic E-state index is 0.0295. The molecule has 6 heteroatoms. The van der Waals surface area contributed by atoms with Gasteiger partial charge in [0.1, 0.15) is 23.0 Å². The van der Waals surface area contributed by atoms with Gasteiger partial charge in [-0.3, -0.25) is 0 Å². The number of fused-ring (bicyclic) bond motifs is 8. The molecule has 61 heavy (non-hydrogen) atoms. The summed E-state index contributed by atoms with van der Waals surface area (Å²) < 4.78 is 13.5. The molecule has 0 spiro atoms. The Morgan fingerprint density at radius 1 is 0.443 bits per heavy atom. The molecule has 0 saturated carbocycles. The Kier molecular flexibility index (Phi) is 8.20. The fraction of sp³-hybridized carbons (Fsp3) is 0.0364. The van der Waals surface area contributed by atoms with Gasteiger partial charge in [-0.05, 0) is 65.1 Å². The number of furan rings is 1. The first-order valence-corrected chi connectivity index (χ1v) is 20.6. The lowest BCUT2D eigenvalue weighted by atomic mass is 9.92. The summed E-state index contributed by atoms with van der Waals surface area (Å²) in [7, 11) is 0. The van der Waals surface area contributed by atoms with Crippen LogP contribution in [0.1, 0.15) is 11.5 Å². The number of benzene rings is 8. The zero-order valence-electron chi connectivity index (χ0n) is 32.9. The quantitative estimate of drug-likeness (QED) is 0.160. The maximum atomic E-state index is 7.03. The summed E-state index contributed by atoms with van der Waals surface area (Å²) in [4.78, 5) is 17.5. The predicted octanol–water partition coefficient (Wildman–Crippen LogP) is 14.0. The first kappa shape index (κ1) is 34.9. The fourth-order valence-electron chi connectivity index (χ4n) is 8.93. The van der Waals surface area contributed by atoms with E-state index in [1.165, 1.54) is 5.56 Å². The van der Waals surface area contributed by atoms with Crippen molar-refractivity contribution in [2.45, 2.75) is 12.0 Å². The van der Waals surface area contributed by atoms with Crippen molar-refractivity contribution in [3.05, 3.63) is 212 Å². The van der Waals surface area contributed by atoms with Crippen LogP contribution in [-0.4, -0.2) is 21.1 Å². The number of hydrogen-bond acceptors (Lipinski definition) is 6. The molecule has 2 unspecified atom stereocenters. The van der Waals surface area contributed by atoms with Crippen molar-refractivity contribution in [2.24, 2.45) is 0 Å². The molecule has 0 amide bonds. The molecule has 1 aliphatic carbocycles. The molecule has 3 heterocycles. The molecule has 2 aliphatic rings. The van der Waals surface area contributed by atoms with Gasteiger partial charge >= 0.3 is 0 Å². The van der Waals surface area contributed by atoms with Crippen molar-refractivity contribution >= 4 is 49.8 Å². The SMILES string of the molecule is C1=CC2Oc3cc(N(c4ccccc4)c4ccc(-c5ccc(-c6nc(-c7ccccc7)nc(-c7ccccc7)n6)c6oc7c8ccccc8ccc7c56)cc4)ccc3C2C=C1. The average molecular weight is 785 g/mol. The fourth-order valence-corrected chi connectivity index (χ4v) is 8.93. The van der Waals surface area contributed by atoms with Crippen molar-refractivity contribution < 1.29 is 9.15 Å². The topological polar surface area (TPSA) is 64.3 Å². The zero-order chi connectivity index (χ0) is 40.3. The third kappa shape index (κ3) is 5.99. The Bertz CT molecular complexity index is 3280. The molecule has 8 aromatic carbocycles. The van der Waals surface area contributed by atoms with Crippen LogP contribution in [0.25, 0.3) is 78.0 Å². The van der Waals surface area contributed by atoms with Gasteiger partial charge in [0, 0.05) is 61.9 Å². The Morgan fingerprint density at radius 3 is 1.82 bits per heavy atom. The second-order valence-electron chi connectivity index (χ2n) is 15.5. The third-order valence-corrected chi connectivity index (χ3v) is 11.9. The number of anilines is 3. The van der Waals surface area contributed by atoms with Crippen LogP contribution in [0.3, 0.4) is 0 Å². The second-order valence-corrected chi connectivity index (χ2v) is 15.5. The summed E-state index contributed by atoms with van der Waals surface area (Å²) >= 11 is 0. The third-order valence-electron chi connectivity index (χ3n) is 11.9.